The molecule has 106 valence electrons. The molecule has 0 spiro atoms. The quantitative estimate of drug-likeness (QED) is 0.657. The van der Waals surface area contributed by atoms with Gasteiger partial charge in [0.1, 0.15) is 11.9 Å². The van der Waals surface area contributed by atoms with Gasteiger partial charge in [0.05, 0.1) is 4.92 Å². The number of rotatable bonds is 5. The lowest BCUT2D eigenvalue weighted by molar-refractivity contribution is -0.385. The summed E-state index contributed by atoms with van der Waals surface area (Å²) in [4.78, 5) is 14.2. The molecular weight excluding hydrogens is 256 g/mol. The van der Waals surface area contributed by atoms with Crippen LogP contribution in [0.25, 0.3) is 0 Å². The van der Waals surface area contributed by atoms with Crippen molar-refractivity contribution in [1.82, 2.24) is 4.98 Å². The largest absolute Gasteiger partial charge is 0.369 e. The van der Waals surface area contributed by atoms with Crippen LogP contribution in [0.15, 0.2) is 12.1 Å². The molecule has 1 heterocycles. The maximum absolute atomic E-state index is 10.8. The molecule has 6 heteroatoms. The first kappa shape index (κ1) is 14.3. The van der Waals surface area contributed by atoms with Gasteiger partial charge in [0.25, 0.3) is 0 Å². The lowest BCUT2D eigenvalue weighted by Gasteiger charge is -2.27. The molecule has 0 atom stereocenters. The Morgan fingerprint density at radius 1 is 1.50 bits per heavy atom. The summed E-state index contributed by atoms with van der Waals surface area (Å²) in [5.74, 6) is 0.534. The molecule has 2 rings (SSSR count). The van der Waals surface area contributed by atoms with Crippen molar-refractivity contribution in [2.75, 3.05) is 11.9 Å². The maximum atomic E-state index is 10.8. The van der Waals surface area contributed by atoms with E-state index in [4.69, 9.17) is 5.26 Å². The Balaban J connectivity index is 2.11. The molecule has 1 saturated carbocycles. The molecule has 1 fully saturated rings. The highest BCUT2D eigenvalue weighted by atomic mass is 16.6. The van der Waals surface area contributed by atoms with Gasteiger partial charge in [-0.3, -0.25) is 10.1 Å². The van der Waals surface area contributed by atoms with E-state index in [0.717, 1.165) is 13.0 Å². The van der Waals surface area contributed by atoms with Crippen LogP contribution in [-0.2, 0) is 0 Å². The number of nitrogens with zero attached hydrogens (tertiary/aromatic N) is 3. The molecule has 0 aliphatic heterocycles. The van der Waals surface area contributed by atoms with Gasteiger partial charge in [-0.15, -0.1) is 0 Å². The maximum Gasteiger partial charge on any atom is 0.305 e. The second-order valence-corrected chi connectivity index (χ2v) is 5.35. The van der Waals surface area contributed by atoms with Crippen molar-refractivity contribution in [3.05, 3.63) is 27.9 Å². The molecule has 1 N–H and O–H groups in total. The average Bonchev–Trinajstić information content (AvgIpc) is 2.94. The van der Waals surface area contributed by atoms with E-state index in [-0.39, 0.29) is 11.4 Å². The molecular formula is C14H18N4O2. The first-order valence-corrected chi connectivity index (χ1v) is 6.90. The smallest absolute Gasteiger partial charge is 0.305 e. The number of anilines is 1. The second kappa shape index (κ2) is 5.87. The molecule has 1 aliphatic rings. The van der Waals surface area contributed by atoms with E-state index in [0.29, 0.717) is 11.2 Å². The predicted molar refractivity (Wildman–Crippen MR) is 75.3 cm³/mol. The van der Waals surface area contributed by atoms with Crippen molar-refractivity contribution in [3.63, 3.8) is 0 Å². The SMILES string of the molecule is CCC1(CNc2ccc([N+](=O)[O-])c(C#N)n2)CCCC1. The molecule has 0 amide bonds. The summed E-state index contributed by atoms with van der Waals surface area (Å²) in [5.41, 5.74) is -0.0860. The van der Waals surface area contributed by atoms with Gasteiger partial charge < -0.3 is 5.32 Å². The van der Waals surface area contributed by atoms with E-state index in [1.165, 1.54) is 31.7 Å². The number of hydrogen-bond donors (Lipinski definition) is 1. The van der Waals surface area contributed by atoms with E-state index >= 15 is 0 Å². The van der Waals surface area contributed by atoms with Crippen LogP contribution in [0.3, 0.4) is 0 Å². The number of hydrogen-bond acceptors (Lipinski definition) is 5. The van der Waals surface area contributed by atoms with Crippen molar-refractivity contribution in [1.29, 1.82) is 5.26 Å². The topological polar surface area (TPSA) is 91.9 Å². The van der Waals surface area contributed by atoms with Gasteiger partial charge in [-0.25, -0.2) is 4.98 Å². The third kappa shape index (κ3) is 2.87. The number of pyridine rings is 1. The minimum absolute atomic E-state index is 0.142. The van der Waals surface area contributed by atoms with Crippen molar-refractivity contribution >= 4 is 11.5 Å². The Morgan fingerprint density at radius 2 is 2.20 bits per heavy atom. The highest BCUT2D eigenvalue weighted by molar-refractivity contribution is 5.50. The highest BCUT2D eigenvalue weighted by Gasteiger charge is 2.31. The van der Waals surface area contributed by atoms with Crippen molar-refractivity contribution in [2.45, 2.75) is 39.0 Å². The lowest BCUT2D eigenvalue weighted by Crippen LogP contribution is -2.26. The highest BCUT2D eigenvalue weighted by Crippen LogP contribution is 2.40. The Morgan fingerprint density at radius 3 is 2.75 bits per heavy atom. The Labute approximate surface area is 118 Å². The second-order valence-electron chi connectivity index (χ2n) is 5.35. The first-order chi connectivity index (χ1) is 9.60. The Bertz CT molecular complexity index is 545. The normalized spacial score (nSPS) is 16.6. The molecule has 0 bridgehead atoms. The van der Waals surface area contributed by atoms with Gasteiger partial charge in [0.15, 0.2) is 0 Å². The number of nitro groups is 1. The average molecular weight is 274 g/mol. The number of aromatic nitrogens is 1. The van der Waals surface area contributed by atoms with Crippen LogP contribution >= 0.6 is 0 Å². The minimum atomic E-state index is -0.583. The van der Waals surface area contributed by atoms with E-state index < -0.39 is 4.92 Å². The number of nitrogens with one attached hydrogen (secondary N) is 1. The fourth-order valence-corrected chi connectivity index (χ4v) is 2.84. The molecule has 0 aromatic carbocycles. The summed E-state index contributed by atoms with van der Waals surface area (Å²) in [5, 5.41) is 22.9. The van der Waals surface area contributed by atoms with E-state index in [1.807, 2.05) is 0 Å². The van der Waals surface area contributed by atoms with Gasteiger partial charge in [-0.05, 0) is 30.7 Å². The zero-order chi connectivity index (χ0) is 14.6. The summed E-state index contributed by atoms with van der Waals surface area (Å²) >= 11 is 0. The molecule has 1 aliphatic carbocycles. The molecule has 0 radical (unpaired) electrons. The Kier molecular flexibility index (Phi) is 4.18. The Hall–Kier alpha value is -2.16. The zero-order valence-corrected chi connectivity index (χ0v) is 11.6. The first-order valence-electron chi connectivity index (χ1n) is 6.90. The lowest BCUT2D eigenvalue weighted by atomic mass is 9.83. The fourth-order valence-electron chi connectivity index (χ4n) is 2.84. The van der Waals surface area contributed by atoms with Gasteiger partial charge in [0, 0.05) is 12.6 Å². The summed E-state index contributed by atoms with van der Waals surface area (Å²) < 4.78 is 0. The van der Waals surface area contributed by atoms with Crippen molar-refractivity contribution in [3.8, 4) is 6.07 Å². The molecule has 1 aromatic heterocycles. The van der Waals surface area contributed by atoms with Crippen molar-refractivity contribution in [2.24, 2.45) is 5.41 Å². The van der Waals surface area contributed by atoms with Crippen LogP contribution in [0.2, 0.25) is 0 Å². The summed E-state index contributed by atoms with van der Waals surface area (Å²) in [6.45, 7) is 3.00. The fraction of sp³-hybridized carbons (Fsp3) is 0.571. The molecule has 6 nitrogen and oxygen atoms in total. The van der Waals surface area contributed by atoms with Crippen LogP contribution in [0, 0.1) is 26.9 Å². The van der Waals surface area contributed by atoms with E-state index in [2.05, 4.69) is 17.2 Å². The summed E-state index contributed by atoms with van der Waals surface area (Å²) in [6.07, 6.45) is 6.03. The molecule has 0 unspecified atom stereocenters. The van der Waals surface area contributed by atoms with E-state index in [1.54, 1.807) is 12.1 Å². The summed E-state index contributed by atoms with van der Waals surface area (Å²) in [7, 11) is 0. The van der Waals surface area contributed by atoms with Gasteiger partial charge in [-0.1, -0.05) is 19.8 Å². The van der Waals surface area contributed by atoms with Gasteiger partial charge in [0.2, 0.25) is 5.69 Å². The molecule has 20 heavy (non-hydrogen) atoms. The van der Waals surface area contributed by atoms with Gasteiger partial charge in [-0.2, -0.15) is 5.26 Å². The zero-order valence-electron chi connectivity index (χ0n) is 11.6. The van der Waals surface area contributed by atoms with Crippen LogP contribution in [0.1, 0.15) is 44.7 Å². The van der Waals surface area contributed by atoms with Crippen LogP contribution < -0.4 is 5.32 Å². The molecule has 0 saturated heterocycles. The minimum Gasteiger partial charge on any atom is -0.369 e. The number of nitriles is 1. The third-order valence-corrected chi connectivity index (χ3v) is 4.24. The van der Waals surface area contributed by atoms with Crippen LogP contribution in [0.5, 0.6) is 0 Å². The van der Waals surface area contributed by atoms with Crippen LogP contribution in [-0.4, -0.2) is 16.5 Å². The van der Waals surface area contributed by atoms with Gasteiger partial charge >= 0.3 is 5.69 Å². The monoisotopic (exact) mass is 274 g/mol. The molecule has 1 aromatic rings. The van der Waals surface area contributed by atoms with Crippen LogP contribution in [0.4, 0.5) is 11.5 Å². The summed E-state index contributed by atoms with van der Waals surface area (Å²) in [6, 6.07) is 4.68. The van der Waals surface area contributed by atoms with Crippen molar-refractivity contribution < 1.29 is 4.92 Å². The predicted octanol–water partition coefficient (Wildman–Crippen LogP) is 3.24. The standard InChI is InChI=1S/C14H18N4O2/c1-2-14(7-3-4-8-14)10-16-13-6-5-12(18(19)20)11(9-15)17-13/h5-6H,2-4,7-8,10H2,1H3,(H,16,17). The third-order valence-electron chi connectivity index (χ3n) is 4.24. The van der Waals surface area contributed by atoms with E-state index in [9.17, 15) is 10.1 Å².